The van der Waals surface area contributed by atoms with Gasteiger partial charge in [0.15, 0.2) is 11.4 Å². The van der Waals surface area contributed by atoms with Gasteiger partial charge in [0.2, 0.25) is 0 Å². The monoisotopic (exact) mass is 428 g/mol. The first kappa shape index (κ1) is 21.7. The van der Waals surface area contributed by atoms with Crippen molar-refractivity contribution in [2.45, 2.75) is 6.04 Å². The molecular formula is C22H25ClN4O3. The second-order valence-corrected chi connectivity index (χ2v) is 6.79. The number of halogens is 1. The van der Waals surface area contributed by atoms with Crippen LogP contribution in [-0.2, 0) is 0 Å². The van der Waals surface area contributed by atoms with Gasteiger partial charge in [-0.2, -0.15) is 5.10 Å². The number of nitrogens with zero attached hydrogens (tertiary/aromatic N) is 3. The Bertz CT molecular complexity index is 993. The topological polar surface area (TPSA) is 68.6 Å². The lowest BCUT2D eigenvalue weighted by molar-refractivity contribution is 0.0621. The van der Waals surface area contributed by atoms with Crippen molar-refractivity contribution < 1.29 is 14.3 Å². The second kappa shape index (κ2) is 9.65. The van der Waals surface area contributed by atoms with Gasteiger partial charge in [-0.05, 0) is 18.2 Å². The summed E-state index contributed by atoms with van der Waals surface area (Å²) in [5, 5.41) is 7.92. The summed E-state index contributed by atoms with van der Waals surface area (Å²) in [6, 6.07) is 17.3. The Morgan fingerprint density at radius 3 is 2.47 bits per heavy atom. The van der Waals surface area contributed by atoms with Crippen LogP contribution in [0.2, 0.25) is 0 Å². The van der Waals surface area contributed by atoms with Crippen LogP contribution >= 0.6 is 12.4 Å². The van der Waals surface area contributed by atoms with Gasteiger partial charge in [0.25, 0.3) is 5.91 Å². The molecule has 30 heavy (non-hydrogen) atoms. The molecule has 0 bridgehead atoms. The van der Waals surface area contributed by atoms with Crippen molar-refractivity contribution in [3.8, 4) is 17.2 Å². The maximum absolute atomic E-state index is 13.5. The third kappa shape index (κ3) is 4.13. The Hall–Kier alpha value is -3.03. The molecule has 2 heterocycles. The number of ether oxygens (including phenoxy) is 2. The van der Waals surface area contributed by atoms with Crippen LogP contribution in [-0.4, -0.2) is 54.4 Å². The lowest BCUT2D eigenvalue weighted by Gasteiger charge is -2.36. The van der Waals surface area contributed by atoms with Gasteiger partial charge in [0.05, 0.1) is 32.1 Å². The highest BCUT2D eigenvalue weighted by Crippen LogP contribution is 2.32. The zero-order valence-electron chi connectivity index (χ0n) is 16.9. The molecule has 0 saturated carbocycles. The van der Waals surface area contributed by atoms with E-state index in [1.807, 2.05) is 59.5 Å². The van der Waals surface area contributed by atoms with Crippen LogP contribution < -0.4 is 14.8 Å². The molecule has 1 amide bonds. The van der Waals surface area contributed by atoms with E-state index in [0.717, 1.165) is 23.5 Å². The Morgan fingerprint density at radius 1 is 1.03 bits per heavy atom. The number of piperazine rings is 1. The molecule has 0 spiro atoms. The smallest absolute Gasteiger partial charge is 0.278 e. The van der Waals surface area contributed by atoms with Crippen LogP contribution in [0.25, 0.3) is 5.69 Å². The minimum Gasteiger partial charge on any atom is -0.496 e. The predicted molar refractivity (Wildman–Crippen MR) is 117 cm³/mol. The molecule has 1 fully saturated rings. The Balaban J connectivity index is 0.00000256. The maximum Gasteiger partial charge on any atom is 0.278 e. The average Bonchev–Trinajstić information content (AvgIpc) is 3.24. The molecule has 4 rings (SSSR count). The van der Waals surface area contributed by atoms with E-state index >= 15 is 0 Å². The van der Waals surface area contributed by atoms with Crippen molar-refractivity contribution in [1.29, 1.82) is 0 Å². The van der Waals surface area contributed by atoms with Crippen molar-refractivity contribution in [2.24, 2.45) is 0 Å². The number of aromatic nitrogens is 2. The first-order chi connectivity index (χ1) is 14.2. The van der Waals surface area contributed by atoms with E-state index in [1.165, 1.54) is 0 Å². The SMILES string of the molecule is COc1ccccc1C1CNCCN1C(=O)c1nn(-c2ccccc2)cc1OC.Cl. The van der Waals surface area contributed by atoms with E-state index in [0.29, 0.717) is 24.5 Å². The van der Waals surface area contributed by atoms with E-state index in [2.05, 4.69) is 10.4 Å². The van der Waals surface area contributed by atoms with Crippen LogP contribution in [0.3, 0.4) is 0 Å². The fourth-order valence-electron chi connectivity index (χ4n) is 3.67. The van der Waals surface area contributed by atoms with E-state index < -0.39 is 0 Å². The molecule has 0 aliphatic carbocycles. The van der Waals surface area contributed by atoms with E-state index in [4.69, 9.17) is 9.47 Å². The van der Waals surface area contributed by atoms with Crippen LogP contribution in [0, 0.1) is 0 Å². The number of hydrogen-bond acceptors (Lipinski definition) is 5. The second-order valence-electron chi connectivity index (χ2n) is 6.79. The molecule has 1 saturated heterocycles. The number of hydrogen-bond donors (Lipinski definition) is 1. The number of para-hydroxylation sites is 2. The van der Waals surface area contributed by atoms with E-state index in [1.54, 1.807) is 25.1 Å². The molecular weight excluding hydrogens is 404 g/mol. The van der Waals surface area contributed by atoms with Gasteiger partial charge in [-0.3, -0.25) is 4.79 Å². The fourth-order valence-corrected chi connectivity index (χ4v) is 3.67. The normalized spacial score (nSPS) is 15.9. The zero-order valence-corrected chi connectivity index (χ0v) is 17.8. The van der Waals surface area contributed by atoms with E-state index in [9.17, 15) is 4.79 Å². The van der Waals surface area contributed by atoms with Crippen LogP contribution in [0.15, 0.2) is 60.8 Å². The minimum atomic E-state index is -0.158. The lowest BCUT2D eigenvalue weighted by Crippen LogP contribution is -2.49. The summed E-state index contributed by atoms with van der Waals surface area (Å²) in [6.07, 6.45) is 1.74. The molecule has 1 aliphatic heterocycles. The number of benzene rings is 2. The summed E-state index contributed by atoms with van der Waals surface area (Å²) in [7, 11) is 3.20. The zero-order chi connectivity index (χ0) is 20.2. The first-order valence-corrected chi connectivity index (χ1v) is 9.56. The molecule has 2 aromatic carbocycles. The third-order valence-corrected chi connectivity index (χ3v) is 5.13. The summed E-state index contributed by atoms with van der Waals surface area (Å²) in [5.74, 6) is 1.06. The number of nitrogens with one attached hydrogen (secondary N) is 1. The molecule has 7 nitrogen and oxygen atoms in total. The molecule has 158 valence electrons. The van der Waals surface area contributed by atoms with Gasteiger partial charge in [-0.1, -0.05) is 36.4 Å². The van der Waals surface area contributed by atoms with Crippen molar-refractivity contribution >= 4 is 18.3 Å². The van der Waals surface area contributed by atoms with Gasteiger partial charge in [-0.25, -0.2) is 4.68 Å². The van der Waals surface area contributed by atoms with Crippen LogP contribution in [0.4, 0.5) is 0 Å². The van der Waals surface area contributed by atoms with Crippen LogP contribution in [0.5, 0.6) is 11.5 Å². The summed E-state index contributed by atoms with van der Waals surface area (Å²) < 4.78 is 12.7. The Morgan fingerprint density at radius 2 is 1.73 bits per heavy atom. The number of carbonyl (C=O) groups excluding carboxylic acids is 1. The standard InChI is InChI=1S/C22H24N4O3.ClH/c1-28-19-11-7-6-10-17(19)18-14-23-12-13-25(18)22(27)21-20(29-2)15-26(24-21)16-8-4-3-5-9-16;/h3-11,15,18,23H,12-14H2,1-2H3;1H. The quantitative estimate of drug-likeness (QED) is 0.676. The summed E-state index contributed by atoms with van der Waals surface area (Å²) in [5.41, 5.74) is 2.14. The van der Waals surface area contributed by atoms with Crippen molar-refractivity contribution in [1.82, 2.24) is 20.0 Å². The number of carbonyl (C=O) groups is 1. The third-order valence-electron chi connectivity index (χ3n) is 5.13. The Labute approximate surface area is 182 Å². The first-order valence-electron chi connectivity index (χ1n) is 9.56. The molecule has 1 N–H and O–H groups in total. The fraction of sp³-hybridized carbons (Fsp3) is 0.273. The van der Waals surface area contributed by atoms with Gasteiger partial charge in [-0.15, -0.1) is 12.4 Å². The minimum absolute atomic E-state index is 0. The predicted octanol–water partition coefficient (Wildman–Crippen LogP) is 3.10. The number of rotatable bonds is 5. The van der Waals surface area contributed by atoms with E-state index in [-0.39, 0.29) is 24.4 Å². The average molecular weight is 429 g/mol. The largest absolute Gasteiger partial charge is 0.496 e. The van der Waals surface area contributed by atoms with Crippen molar-refractivity contribution in [3.63, 3.8) is 0 Å². The van der Waals surface area contributed by atoms with Crippen molar-refractivity contribution in [3.05, 3.63) is 72.1 Å². The van der Waals surface area contributed by atoms with Crippen molar-refractivity contribution in [2.75, 3.05) is 33.9 Å². The van der Waals surface area contributed by atoms with Gasteiger partial charge in [0.1, 0.15) is 5.75 Å². The molecule has 1 aromatic heterocycles. The van der Waals surface area contributed by atoms with Gasteiger partial charge >= 0.3 is 0 Å². The number of methoxy groups -OCH3 is 2. The number of amides is 1. The van der Waals surface area contributed by atoms with Gasteiger partial charge < -0.3 is 19.7 Å². The van der Waals surface area contributed by atoms with Crippen LogP contribution in [0.1, 0.15) is 22.1 Å². The molecule has 1 unspecified atom stereocenters. The summed E-state index contributed by atoms with van der Waals surface area (Å²) in [4.78, 5) is 15.4. The maximum atomic E-state index is 13.5. The lowest BCUT2D eigenvalue weighted by atomic mass is 10.0. The van der Waals surface area contributed by atoms with Gasteiger partial charge in [0, 0.05) is 25.2 Å². The summed E-state index contributed by atoms with van der Waals surface area (Å²) >= 11 is 0. The summed E-state index contributed by atoms with van der Waals surface area (Å²) in [6.45, 7) is 1.94. The Kier molecular flexibility index (Phi) is 6.97. The molecule has 0 radical (unpaired) electrons. The molecule has 1 aliphatic rings. The molecule has 1 atom stereocenters. The highest BCUT2D eigenvalue weighted by Gasteiger charge is 2.33. The highest BCUT2D eigenvalue weighted by atomic mass is 35.5. The highest BCUT2D eigenvalue weighted by molar-refractivity contribution is 5.95. The molecule has 3 aromatic rings. The molecule has 8 heteroatoms.